The molecule has 0 saturated carbocycles. The number of rotatable bonds is 3. The van der Waals surface area contributed by atoms with Crippen LogP contribution in [0.2, 0.25) is 0 Å². The second-order valence-corrected chi connectivity index (χ2v) is 3.66. The number of carboxylic acid groups (broad SMARTS) is 1. The van der Waals surface area contributed by atoms with Crippen molar-refractivity contribution in [3.8, 4) is 0 Å². The quantitative estimate of drug-likeness (QED) is 0.854. The molecule has 0 atom stereocenters. The molecule has 0 aliphatic carbocycles. The molecule has 0 unspecified atom stereocenters. The van der Waals surface area contributed by atoms with Gasteiger partial charge in [-0.15, -0.1) is 23.7 Å². The van der Waals surface area contributed by atoms with Crippen molar-refractivity contribution < 1.29 is 9.90 Å². The third-order valence-corrected chi connectivity index (χ3v) is 2.70. The lowest BCUT2D eigenvalue weighted by molar-refractivity contribution is 0.0701. The van der Waals surface area contributed by atoms with Gasteiger partial charge in [-0.2, -0.15) is 0 Å². The first-order chi connectivity index (χ1) is 5.65. The Hall–Kier alpha value is -0.610. The van der Waals surface area contributed by atoms with Crippen LogP contribution in [-0.4, -0.2) is 16.1 Å². The summed E-state index contributed by atoms with van der Waals surface area (Å²) < 4.78 is 0. The lowest BCUT2D eigenvalue weighted by Gasteiger charge is -1.85. The fraction of sp³-hybridized carbons (Fsp3) is 0.500. The van der Waals surface area contributed by atoms with Gasteiger partial charge in [-0.05, 0) is 19.8 Å². The van der Waals surface area contributed by atoms with Gasteiger partial charge in [-0.3, -0.25) is 0 Å². The SMILES string of the molecule is CCCc1nc(C)c(C(=O)O)s1.Cl. The van der Waals surface area contributed by atoms with Crippen molar-refractivity contribution >= 4 is 29.7 Å². The molecule has 5 heteroatoms. The molecule has 1 aromatic rings. The van der Waals surface area contributed by atoms with E-state index in [1.54, 1.807) is 6.92 Å². The van der Waals surface area contributed by atoms with Gasteiger partial charge < -0.3 is 5.11 Å². The van der Waals surface area contributed by atoms with Crippen molar-refractivity contribution in [2.75, 3.05) is 0 Å². The van der Waals surface area contributed by atoms with Crippen LogP contribution in [0, 0.1) is 6.92 Å². The summed E-state index contributed by atoms with van der Waals surface area (Å²) in [5.74, 6) is -0.868. The smallest absolute Gasteiger partial charge is 0.347 e. The van der Waals surface area contributed by atoms with E-state index in [-0.39, 0.29) is 12.4 Å². The first kappa shape index (κ1) is 12.4. The molecule has 0 saturated heterocycles. The van der Waals surface area contributed by atoms with Crippen LogP contribution in [0.5, 0.6) is 0 Å². The molecule has 3 nitrogen and oxygen atoms in total. The summed E-state index contributed by atoms with van der Waals surface area (Å²) in [5.41, 5.74) is 0.635. The summed E-state index contributed by atoms with van der Waals surface area (Å²) in [6.07, 6.45) is 1.88. The molecule has 1 heterocycles. The van der Waals surface area contributed by atoms with Gasteiger partial charge in [-0.1, -0.05) is 6.92 Å². The largest absolute Gasteiger partial charge is 0.477 e. The zero-order chi connectivity index (χ0) is 9.14. The van der Waals surface area contributed by atoms with Crippen molar-refractivity contribution in [2.45, 2.75) is 26.7 Å². The predicted octanol–water partition coefficient (Wildman–Crippen LogP) is 2.52. The molecule has 1 aromatic heterocycles. The maximum absolute atomic E-state index is 10.6. The topological polar surface area (TPSA) is 50.2 Å². The Morgan fingerprint density at radius 1 is 1.62 bits per heavy atom. The lowest BCUT2D eigenvalue weighted by atomic mass is 10.3. The highest BCUT2D eigenvalue weighted by molar-refractivity contribution is 7.13. The Labute approximate surface area is 87.2 Å². The highest BCUT2D eigenvalue weighted by Crippen LogP contribution is 2.18. The summed E-state index contributed by atoms with van der Waals surface area (Å²) in [6, 6.07) is 0. The number of hydrogen-bond acceptors (Lipinski definition) is 3. The molecule has 0 bridgehead atoms. The van der Waals surface area contributed by atoms with E-state index in [4.69, 9.17) is 5.11 Å². The van der Waals surface area contributed by atoms with Crippen LogP contribution in [-0.2, 0) is 6.42 Å². The van der Waals surface area contributed by atoms with Crippen molar-refractivity contribution in [1.82, 2.24) is 4.98 Å². The predicted molar refractivity (Wildman–Crippen MR) is 55.1 cm³/mol. The molecular weight excluding hydrogens is 210 g/mol. The Kier molecular flexibility index (Phi) is 4.95. The molecule has 1 rings (SSSR count). The number of aryl methyl sites for hydroxylation is 2. The van der Waals surface area contributed by atoms with Gasteiger partial charge in [-0.25, -0.2) is 9.78 Å². The Morgan fingerprint density at radius 3 is 2.62 bits per heavy atom. The van der Waals surface area contributed by atoms with E-state index in [0.717, 1.165) is 17.8 Å². The Balaban J connectivity index is 0.00000144. The fourth-order valence-corrected chi connectivity index (χ4v) is 1.98. The third-order valence-electron chi connectivity index (χ3n) is 1.50. The van der Waals surface area contributed by atoms with E-state index >= 15 is 0 Å². The standard InChI is InChI=1S/C8H11NO2S.ClH/c1-3-4-6-9-5(2)7(12-6)8(10)11;/h3-4H2,1-2H3,(H,10,11);1H. The minimum Gasteiger partial charge on any atom is -0.477 e. The second-order valence-electron chi connectivity index (χ2n) is 2.58. The number of nitrogens with zero attached hydrogens (tertiary/aromatic N) is 1. The third kappa shape index (κ3) is 2.97. The zero-order valence-corrected chi connectivity index (χ0v) is 9.17. The molecule has 13 heavy (non-hydrogen) atoms. The van der Waals surface area contributed by atoms with Crippen LogP contribution in [0.1, 0.15) is 33.7 Å². The van der Waals surface area contributed by atoms with Gasteiger partial charge in [0.2, 0.25) is 0 Å². The van der Waals surface area contributed by atoms with Crippen LogP contribution in [0.25, 0.3) is 0 Å². The van der Waals surface area contributed by atoms with Crippen molar-refractivity contribution in [1.29, 1.82) is 0 Å². The molecular formula is C8H12ClNO2S. The molecule has 0 aliphatic rings. The normalized spacial score (nSPS) is 9.38. The summed E-state index contributed by atoms with van der Waals surface area (Å²) >= 11 is 1.28. The van der Waals surface area contributed by atoms with Gasteiger partial charge in [0.15, 0.2) is 0 Å². The van der Waals surface area contributed by atoms with Gasteiger partial charge >= 0.3 is 5.97 Å². The van der Waals surface area contributed by atoms with Crippen LogP contribution in [0.4, 0.5) is 0 Å². The number of carbonyl (C=O) groups is 1. The van der Waals surface area contributed by atoms with E-state index in [9.17, 15) is 4.79 Å². The van der Waals surface area contributed by atoms with E-state index in [1.807, 2.05) is 0 Å². The molecule has 0 amide bonds. The molecule has 0 aromatic carbocycles. The monoisotopic (exact) mass is 221 g/mol. The Morgan fingerprint density at radius 2 is 2.23 bits per heavy atom. The molecule has 1 N–H and O–H groups in total. The number of carboxylic acids is 1. The second kappa shape index (κ2) is 5.19. The first-order valence-corrected chi connectivity index (χ1v) is 4.66. The number of aromatic carboxylic acids is 1. The summed E-state index contributed by atoms with van der Waals surface area (Å²) in [7, 11) is 0. The van der Waals surface area contributed by atoms with Gasteiger partial charge in [0.05, 0.1) is 10.7 Å². The van der Waals surface area contributed by atoms with E-state index in [0.29, 0.717) is 10.6 Å². The van der Waals surface area contributed by atoms with Crippen molar-refractivity contribution in [2.24, 2.45) is 0 Å². The van der Waals surface area contributed by atoms with Crippen LogP contribution in [0.3, 0.4) is 0 Å². The van der Waals surface area contributed by atoms with Crippen molar-refractivity contribution in [3.63, 3.8) is 0 Å². The molecule has 0 fully saturated rings. The maximum Gasteiger partial charge on any atom is 0.347 e. The molecule has 0 spiro atoms. The first-order valence-electron chi connectivity index (χ1n) is 3.84. The number of aromatic nitrogens is 1. The number of hydrogen-bond donors (Lipinski definition) is 1. The summed E-state index contributed by atoms with van der Waals surface area (Å²) in [6.45, 7) is 3.79. The van der Waals surface area contributed by atoms with E-state index < -0.39 is 5.97 Å². The minimum atomic E-state index is -0.868. The van der Waals surface area contributed by atoms with Gasteiger partial charge in [0.1, 0.15) is 4.88 Å². The zero-order valence-electron chi connectivity index (χ0n) is 7.53. The van der Waals surface area contributed by atoms with E-state index in [2.05, 4.69) is 11.9 Å². The summed E-state index contributed by atoms with van der Waals surface area (Å²) in [4.78, 5) is 15.1. The Bertz CT molecular complexity index is 298. The average Bonchev–Trinajstić information content (AvgIpc) is 2.32. The van der Waals surface area contributed by atoms with Crippen LogP contribution in [0.15, 0.2) is 0 Å². The molecule has 0 aliphatic heterocycles. The average molecular weight is 222 g/mol. The van der Waals surface area contributed by atoms with Crippen LogP contribution >= 0.6 is 23.7 Å². The minimum absolute atomic E-state index is 0. The molecule has 0 radical (unpaired) electrons. The lowest BCUT2D eigenvalue weighted by Crippen LogP contribution is -1.94. The number of thiazole rings is 1. The van der Waals surface area contributed by atoms with Crippen LogP contribution < -0.4 is 0 Å². The highest BCUT2D eigenvalue weighted by atomic mass is 35.5. The van der Waals surface area contributed by atoms with Gasteiger partial charge in [0, 0.05) is 0 Å². The summed E-state index contributed by atoms with van der Waals surface area (Å²) in [5, 5.41) is 9.64. The number of halogens is 1. The van der Waals surface area contributed by atoms with E-state index in [1.165, 1.54) is 11.3 Å². The maximum atomic E-state index is 10.6. The molecule has 74 valence electrons. The fourth-order valence-electron chi connectivity index (χ4n) is 0.972. The van der Waals surface area contributed by atoms with Crippen molar-refractivity contribution in [3.05, 3.63) is 15.6 Å². The highest BCUT2D eigenvalue weighted by Gasteiger charge is 2.12. The van der Waals surface area contributed by atoms with Gasteiger partial charge in [0.25, 0.3) is 0 Å².